The first-order valence-corrected chi connectivity index (χ1v) is 9.04. The standard InChI is InChI=1S/C15H19F2N3O6S/c1-6(21)26-4-7-5-27-14-10(13(23)20(14)11(7)15(24)25)19-9(22)3-2-8(18)12(16)17/h8,10,12,14H,2-5,18H2,1H3,(H,19,22)(H,24,25). The molecule has 27 heavy (non-hydrogen) atoms. The topological polar surface area (TPSA) is 139 Å². The van der Waals surface area contributed by atoms with Crippen molar-refractivity contribution < 1.29 is 37.8 Å². The molecule has 1 saturated heterocycles. The number of rotatable bonds is 8. The van der Waals surface area contributed by atoms with Crippen LogP contribution in [-0.2, 0) is 23.9 Å². The fraction of sp³-hybridized carbons (Fsp3) is 0.600. The Morgan fingerprint density at radius 1 is 1.44 bits per heavy atom. The van der Waals surface area contributed by atoms with Gasteiger partial charge in [0.2, 0.25) is 5.91 Å². The smallest absolute Gasteiger partial charge is 0.352 e. The maximum absolute atomic E-state index is 12.4. The largest absolute Gasteiger partial charge is 0.477 e. The normalized spacial score (nSPS) is 22.9. The van der Waals surface area contributed by atoms with E-state index in [9.17, 15) is 33.1 Å². The van der Waals surface area contributed by atoms with Crippen molar-refractivity contribution in [1.29, 1.82) is 0 Å². The maximum Gasteiger partial charge on any atom is 0.352 e. The van der Waals surface area contributed by atoms with Crippen LogP contribution in [0.25, 0.3) is 0 Å². The number of carbonyl (C=O) groups is 4. The van der Waals surface area contributed by atoms with Gasteiger partial charge in [0.05, 0.1) is 6.04 Å². The van der Waals surface area contributed by atoms with Crippen molar-refractivity contribution in [3.05, 3.63) is 11.3 Å². The highest BCUT2D eigenvalue weighted by Crippen LogP contribution is 2.40. The summed E-state index contributed by atoms with van der Waals surface area (Å²) in [6, 6.07) is -2.38. The van der Waals surface area contributed by atoms with Crippen molar-refractivity contribution in [3.63, 3.8) is 0 Å². The number of ether oxygens (including phenoxy) is 1. The van der Waals surface area contributed by atoms with Crippen LogP contribution in [0.1, 0.15) is 19.8 Å². The molecule has 1 fully saturated rings. The monoisotopic (exact) mass is 407 g/mol. The summed E-state index contributed by atoms with van der Waals surface area (Å²) < 4.78 is 29.5. The Bertz CT molecular complexity index is 686. The summed E-state index contributed by atoms with van der Waals surface area (Å²) in [4.78, 5) is 47.7. The number of β-lactam (4-membered cyclic amide) rings is 1. The van der Waals surface area contributed by atoms with Crippen LogP contribution in [0.4, 0.5) is 8.78 Å². The van der Waals surface area contributed by atoms with E-state index in [4.69, 9.17) is 10.5 Å². The van der Waals surface area contributed by atoms with Crippen LogP contribution in [0.15, 0.2) is 11.3 Å². The Labute approximate surface area is 157 Å². The molecule has 0 spiro atoms. The molecule has 2 amide bonds. The molecule has 0 aromatic carbocycles. The van der Waals surface area contributed by atoms with Crippen LogP contribution < -0.4 is 11.1 Å². The van der Waals surface area contributed by atoms with E-state index in [0.717, 1.165) is 4.90 Å². The summed E-state index contributed by atoms with van der Waals surface area (Å²) in [5, 5.41) is 11.2. The summed E-state index contributed by atoms with van der Waals surface area (Å²) in [6.07, 6.45) is -3.25. The molecule has 0 aliphatic carbocycles. The first-order chi connectivity index (χ1) is 12.6. The zero-order chi connectivity index (χ0) is 20.3. The highest BCUT2D eigenvalue weighted by atomic mass is 32.2. The number of alkyl halides is 2. The molecular weight excluding hydrogens is 388 g/mol. The highest BCUT2D eigenvalue weighted by molar-refractivity contribution is 8.00. The predicted molar refractivity (Wildman–Crippen MR) is 89.5 cm³/mol. The number of halogens is 2. The molecule has 9 nitrogen and oxygen atoms in total. The van der Waals surface area contributed by atoms with Gasteiger partial charge in [-0.2, -0.15) is 0 Å². The second-order valence-corrected chi connectivity index (χ2v) is 7.13. The van der Waals surface area contributed by atoms with Crippen molar-refractivity contribution >= 4 is 35.5 Å². The quantitative estimate of drug-likeness (QED) is 0.367. The van der Waals surface area contributed by atoms with Gasteiger partial charge in [0.25, 0.3) is 12.3 Å². The second kappa shape index (κ2) is 8.65. The van der Waals surface area contributed by atoms with Crippen LogP contribution in [0.5, 0.6) is 0 Å². The van der Waals surface area contributed by atoms with Gasteiger partial charge in [0.1, 0.15) is 23.7 Å². The molecule has 12 heteroatoms. The molecule has 0 radical (unpaired) electrons. The fourth-order valence-corrected chi connectivity index (χ4v) is 3.98. The molecule has 150 valence electrons. The number of esters is 1. The number of thioether (sulfide) groups is 1. The Morgan fingerprint density at radius 2 is 2.11 bits per heavy atom. The van der Waals surface area contributed by atoms with Gasteiger partial charge in [-0.3, -0.25) is 19.3 Å². The fourth-order valence-electron chi connectivity index (χ4n) is 2.65. The van der Waals surface area contributed by atoms with Gasteiger partial charge in [-0.15, -0.1) is 11.8 Å². The number of carboxylic acid groups (broad SMARTS) is 1. The second-order valence-electron chi connectivity index (χ2n) is 6.03. The minimum atomic E-state index is -2.74. The van der Waals surface area contributed by atoms with Gasteiger partial charge >= 0.3 is 11.9 Å². The zero-order valence-electron chi connectivity index (χ0n) is 14.3. The number of amides is 2. The summed E-state index contributed by atoms with van der Waals surface area (Å²) >= 11 is 1.21. The van der Waals surface area contributed by atoms with E-state index < -0.39 is 47.6 Å². The number of nitrogens with zero attached hydrogens (tertiary/aromatic N) is 1. The lowest BCUT2D eigenvalue weighted by atomic mass is 10.0. The van der Waals surface area contributed by atoms with Crippen LogP contribution in [0.3, 0.4) is 0 Å². The Balaban J connectivity index is 2.01. The number of nitrogens with two attached hydrogens (primary N) is 1. The molecule has 4 N–H and O–H groups in total. The Kier molecular flexibility index (Phi) is 6.76. The van der Waals surface area contributed by atoms with Gasteiger partial charge in [0, 0.05) is 24.7 Å². The van der Waals surface area contributed by atoms with Gasteiger partial charge in [-0.25, -0.2) is 13.6 Å². The number of aliphatic carboxylic acids is 1. The minimum absolute atomic E-state index is 0.200. The van der Waals surface area contributed by atoms with E-state index in [2.05, 4.69) is 5.32 Å². The third-order valence-electron chi connectivity index (χ3n) is 4.04. The molecular formula is C15H19F2N3O6S. The molecule has 2 aliphatic heterocycles. The maximum atomic E-state index is 12.4. The van der Waals surface area contributed by atoms with Crippen LogP contribution in [-0.4, -0.2) is 70.0 Å². The molecule has 0 aromatic rings. The molecule has 0 aromatic heterocycles. The summed E-state index contributed by atoms with van der Waals surface area (Å²) in [5.41, 5.74) is 5.19. The molecule has 2 heterocycles. The molecule has 3 atom stereocenters. The van der Waals surface area contributed by atoms with Crippen molar-refractivity contribution in [2.75, 3.05) is 12.4 Å². The van der Waals surface area contributed by atoms with Crippen LogP contribution in [0, 0.1) is 0 Å². The van der Waals surface area contributed by atoms with E-state index in [1.54, 1.807) is 0 Å². The SMILES string of the molecule is CC(=O)OCC1=C(C(=O)O)N2C(=O)C(NC(=O)CCC(N)C(F)F)C2SC1. The summed E-state index contributed by atoms with van der Waals surface area (Å²) in [6.45, 7) is 0.934. The number of fused-ring (bicyclic) bond motifs is 1. The molecule has 0 saturated carbocycles. The molecule has 3 unspecified atom stereocenters. The summed E-state index contributed by atoms with van der Waals surface area (Å²) in [7, 11) is 0. The first kappa shape index (κ1) is 21.1. The predicted octanol–water partition coefficient (Wildman–Crippen LogP) is -0.339. The van der Waals surface area contributed by atoms with E-state index in [1.807, 2.05) is 0 Å². The third-order valence-corrected chi connectivity index (χ3v) is 5.38. The lowest BCUT2D eigenvalue weighted by Crippen LogP contribution is -2.70. The number of carbonyl (C=O) groups excluding carboxylic acids is 3. The average Bonchev–Trinajstić information content (AvgIpc) is 2.60. The van der Waals surface area contributed by atoms with Crippen LogP contribution in [0.2, 0.25) is 0 Å². The van der Waals surface area contributed by atoms with Gasteiger partial charge < -0.3 is 20.9 Å². The Hall–Kier alpha value is -2.21. The summed E-state index contributed by atoms with van der Waals surface area (Å²) in [5.74, 6) is -2.97. The van der Waals surface area contributed by atoms with E-state index in [0.29, 0.717) is 0 Å². The Morgan fingerprint density at radius 3 is 2.67 bits per heavy atom. The van der Waals surface area contributed by atoms with Gasteiger partial charge in [-0.05, 0) is 6.42 Å². The van der Waals surface area contributed by atoms with E-state index in [1.165, 1.54) is 18.7 Å². The number of hydrogen-bond donors (Lipinski definition) is 3. The third kappa shape index (κ3) is 4.75. The van der Waals surface area contributed by atoms with Crippen molar-refractivity contribution in [1.82, 2.24) is 10.2 Å². The zero-order valence-corrected chi connectivity index (χ0v) is 15.1. The van der Waals surface area contributed by atoms with E-state index in [-0.39, 0.29) is 36.5 Å². The lowest BCUT2D eigenvalue weighted by molar-refractivity contribution is -0.151. The minimum Gasteiger partial charge on any atom is -0.477 e. The van der Waals surface area contributed by atoms with Crippen molar-refractivity contribution in [3.8, 4) is 0 Å². The van der Waals surface area contributed by atoms with Gasteiger partial charge in [0.15, 0.2) is 0 Å². The van der Waals surface area contributed by atoms with Crippen molar-refractivity contribution in [2.45, 2.75) is 43.6 Å². The molecule has 2 aliphatic rings. The van der Waals surface area contributed by atoms with Gasteiger partial charge in [-0.1, -0.05) is 0 Å². The van der Waals surface area contributed by atoms with Crippen LogP contribution >= 0.6 is 11.8 Å². The first-order valence-electron chi connectivity index (χ1n) is 8.00. The highest BCUT2D eigenvalue weighted by Gasteiger charge is 2.54. The number of hydrogen-bond acceptors (Lipinski definition) is 7. The molecule has 2 rings (SSSR count). The number of carboxylic acids is 1. The van der Waals surface area contributed by atoms with Crippen molar-refractivity contribution in [2.24, 2.45) is 5.73 Å². The average molecular weight is 407 g/mol. The lowest BCUT2D eigenvalue weighted by Gasteiger charge is -2.49. The molecule has 0 bridgehead atoms. The van der Waals surface area contributed by atoms with E-state index >= 15 is 0 Å². The number of nitrogens with one attached hydrogen (secondary N) is 1.